The maximum Gasteiger partial charge on any atom is 0.0900 e. The van der Waals surface area contributed by atoms with Crippen LogP contribution in [0.3, 0.4) is 0 Å². The van der Waals surface area contributed by atoms with Crippen LogP contribution in [0.5, 0.6) is 0 Å². The summed E-state index contributed by atoms with van der Waals surface area (Å²) in [5.41, 5.74) is 2.82. The molecule has 2 heterocycles. The molecule has 0 aliphatic carbocycles. The van der Waals surface area contributed by atoms with E-state index in [1.807, 2.05) is 12.4 Å². The highest BCUT2D eigenvalue weighted by molar-refractivity contribution is 5.22. The highest BCUT2D eigenvalue weighted by atomic mass is 14.9. The Morgan fingerprint density at radius 2 is 2.33 bits per heavy atom. The van der Waals surface area contributed by atoms with Crippen LogP contribution in [-0.4, -0.2) is 17.6 Å². The molecule has 15 heavy (non-hydrogen) atoms. The van der Waals surface area contributed by atoms with Gasteiger partial charge in [-0.2, -0.15) is 0 Å². The SMILES string of the molecule is Cc1cnccc1C[C@H]1CCCCC[NH2+]1. The molecule has 2 N–H and O–H groups in total. The third-order valence-electron chi connectivity index (χ3n) is 3.40. The minimum Gasteiger partial charge on any atom is -0.344 e. The molecule has 1 aromatic heterocycles. The lowest BCUT2D eigenvalue weighted by Gasteiger charge is -2.13. The summed E-state index contributed by atoms with van der Waals surface area (Å²) < 4.78 is 0. The van der Waals surface area contributed by atoms with Crippen molar-refractivity contribution in [2.75, 3.05) is 6.54 Å². The molecule has 1 atom stereocenters. The van der Waals surface area contributed by atoms with E-state index in [-0.39, 0.29) is 0 Å². The van der Waals surface area contributed by atoms with Crippen LogP contribution in [0.4, 0.5) is 0 Å². The van der Waals surface area contributed by atoms with E-state index < -0.39 is 0 Å². The molecule has 2 heteroatoms. The summed E-state index contributed by atoms with van der Waals surface area (Å²) in [7, 11) is 0. The fourth-order valence-corrected chi connectivity index (χ4v) is 2.40. The molecule has 1 aromatic rings. The van der Waals surface area contributed by atoms with Crippen LogP contribution in [-0.2, 0) is 6.42 Å². The first kappa shape index (κ1) is 10.6. The molecule has 0 spiro atoms. The molecule has 1 aliphatic heterocycles. The highest BCUT2D eigenvalue weighted by Crippen LogP contribution is 2.11. The smallest absolute Gasteiger partial charge is 0.0900 e. The second kappa shape index (κ2) is 5.26. The number of rotatable bonds is 2. The second-order valence-electron chi connectivity index (χ2n) is 4.64. The fourth-order valence-electron chi connectivity index (χ4n) is 2.40. The number of nitrogens with two attached hydrogens (primary N) is 1. The van der Waals surface area contributed by atoms with Gasteiger partial charge in [0.1, 0.15) is 0 Å². The largest absolute Gasteiger partial charge is 0.344 e. The van der Waals surface area contributed by atoms with E-state index in [0.29, 0.717) is 0 Å². The molecule has 1 aliphatic rings. The van der Waals surface area contributed by atoms with Crippen molar-refractivity contribution in [2.45, 2.75) is 45.1 Å². The van der Waals surface area contributed by atoms with Crippen LogP contribution in [0.2, 0.25) is 0 Å². The lowest BCUT2D eigenvalue weighted by Crippen LogP contribution is -2.90. The van der Waals surface area contributed by atoms with Gasteiger partial charge in [0, 0.05) is 18.8 Å². The van der Waals surface area contributed by atoms with Gasteiger partial charge < -0.3 is 5.32 Å². The van der Waals surface area contributed by atoms with Gasteiger partial charge in [0.25, 0.3) is 0 Å². The van der Waals surface area contributed by atoms with Crippen LogP contribution in [0, 0.1) is 6.92 Å². The van der Waals surface area contributed by atoms with Gasteiger partial charge in [-0.3, -0.25) is 4.98 Å². The van der Waals surface area contributed by atoms with Crippen LogP contribution < -0.4 is 5.32 Å². The van der Waals surface area contributed by atoms with Gasteiger partial charge in [0.2, 0.25) is 0 Å². The van der Waals surface area contributed by atoms with E-state index in [4.69, 9.17) is 0 Å². The van der Waals surface area contributed by atoms with Crippen molar-refractivity contribution in [3.05, 3.63) is 29.6 Å². The van der Waals surface area contributed by atoms with E-state index in [2.05, 4.69) is 23.3 Å². The van der Waals surface area contributed by atoms with E-state index in [1.54, 1.807) is 0 Å². The van der Waals surface area contributed by atoms with Gasteiger partial charge in [-0.05, 0) is 49.8 Å². The molecule has 0 bridgehead atoms. The van der Waals surface area contributed by atoms with E-state index in [9.17, 15) is 0 Å². The Bertz CT molecular complexity index is 301. The predicted molar refractivity (Wildman–Crippen MR) is 61.7 cm³/mol. The normalized spacial score (nSPS) is 22.3. The van der Waals surface area contributed by atoms with Crippen molar-refractivity contribution in [2.24, 2.45) is 0 Å². The van der Waals surface area contributed by atoms with Gasteiger partial charge in [-0.25, -0.2) is 0 Å². The minimum absolute atomic E-state index is 0.800. The molecule has 2 rings (SSSR count). The predicted octanol–water partition coefficient (Wildman–Crippen LogP) is 1.44. The summed E-state index contributed by atoms with van der Waals surface area (Å²) in [6.07, 6.45) is 10.7. The van der Waals surface area contributed by atoms with Crippen molar-refractivity contribution < 1.29 is 5.32 Å². The topological polar surface area (TPSA) is 29.5 Å². The monoisotopic (exact) mass is 205 g/mol. The molecule has 0 radical (unpaired) electrons. The summed E-state index contributed by atoms with van der Waals surface area (Å²) in [5, 5.41) is 2.53. The molecule has 1 saturated heterocycles. The zero-order valence-electron chi connectivity index (χ0n) is 9.58. The van der Waals surface area contributed by atoms with E-state index in [0.717, 1.165) is 6.04 Å². The van der Waals surface area contributed by atoms with Crippen molar-refractivity contribution in [1.82, 2.24) is 4.98 Å². The van der Waals surface area contributed by atoms with Crippen molar-refractivity contribution >= 4 is 0 Å². The minimum atomic E-state index is 0.800. The average Bonchev–Trinajstić information content (AvgIpc) is 2.50. The Morgan fingerprint density at radius 3 is 3.20 bits per heavy atom. The third kappa shape index (κ3) is 3.03. The van der Waals surface area contributed by atoms with Gasteiger partial charge in [0.05, 0.1) is 12.6 Å². The molecule has 0 saturated carbocycles. The highest BCUT2D eigenvalue weighted by Gasteiger charge is 2.15. The molecule has 0 amide bonds. The Kier molecular flexibility index (Phi) is 3.73. The molecule has 0 aromatic carbocycles. The number of quaternary nitrogens is 1. The number of hydrogen-bond acceptors (Lipinski definition) is 1. The van der Waals surface area contributed by atoms with Crippen molar-refractivity contribution in [3.8, 4) is 0 Å². The van der Waals surface area contributed by atoms with E-state index >= 15 is 0 Å². The molecular weight excluding hydrogens is 184 g/mol. The number of pyridine rings is 1. The van der Waals surface area contributed by atoms with Crippen LogP contribution in [0.25, 0.3) is 0 Å². The first-order valence-corrected chi connectivity index (χ1v) is 6.09. The van der Waals surface area contributed by atoms with Crippen LogP contribution in [0.15, 0.2) is 18.5 Å². The quantitative estimate of drug-likeness (QED) is 0.778. The van der Waals surface area contributed by atoms with Gasteiger partial charge in [0.15, 0.2) is 0 Å². The second-order valence-corrected chi connectivity index (χ2v) is 4.64. The van der Waals surface area contributed by atoms with Crippen LogP contribution >= 0.6 is 0 Å². The Balaban J connectivity index is 1.98. The molecular formula is C13H21N2+. The summed E-state index contributed by atoms with van der Waals surface area (Å²) in [6, 6.07) is 2.97. The van der Waals surface area contributed by atoms with E-state index in [1.165, 1.54) is 49.8 Å². The molecule has 2 nitrogen and oxygen atoms in total. The van der Waals surface area contributed by atoms with Crippen molar-refractivity contribution in [1.29, 1.82) is 0 Å². The zero-order valence-corrected chi connectivity index (χ0v) is 9.58. The zero-order chi connectivity index (χ0) is 10.5. The lowest BCUT2D eigenvalue weighted by molar-refractivity contribution is -0.687. The number of nitrogens with zero attached hydrogens (tertiary/aromatic N) is 1. The maximum atomic E-state index is 4.15. The lowest BCUT2D eigenvalue weighted by atomic mass is 10.00. The standard InChI is InChI=1S/C13H20N2/c1-11-10-14-8-6-12(11)9-13-5-3-2-4-7-15-13/h6,8,10,13,15H,2-5,7,9H2,1H3/p+1/t13-/m1/s1. The summed E-state index contributed by atoms with van der Waals surface area (Å²) in [5.74, 6) is 0. The van der Waals surface area contributed by atoms with Gasteiger partial charge >= 0.3 is 0 Å². The third-order valence-corrected chi connectivity index (χ3v) is 3.40. The Morgan fingerprint density at radius 1 is 1.40 bits per heavy atom. The number of aromatic nitrogens is 1. The summed E-state index contributed by atoms with van der Waals surface area (Å²) in [6.45, 7) is 3.48. The maximum absolute atomic E-state index is 4.15. The van der Waals surface area contributed by atoms with Gasteiger partial charge in [-0.1, -0.05) is 0 Å². The summed E-state index contributed by atoms with van der Waals surface area (Å²) >= 11 is 0. The van der Waals surface area contributed by atoms with Crippen molar-refractivity contribution in [3.63, 3.8) is 0 Å². The number of aryl methyl sites for hydroxylation is 1. The molecule has 82 valence electrons. The fraction of sp³-hybridized carbons (Fsp3) is 0.615. The Hall–Kier alpha value is -0.890. The molecule has 0 unspecified atom stereocenters. The van der Waals surface area contributed by atoms with Crippen LogP contribution in [0.1, 0.15) is 36.8 Å². The summed E-state index contributed by atoms with van der Waals surface area (Å²) in [4.78, 5) is 4.15. The van der Waals surface area contributed by atoms with Gasteiger partial charge in [-0.15, -0.1) is 0 Å². The first-order chi connectivity index (χ1) is 7.36. The first-order valence-electron chi connectivity index (χ1n) is 6.09. The average molecular weight is 205 g/mol. The Labute approximate surface area is 92.1 Å². The molecule has 1 fully saturated rings. The number of hydrogen-bond donors (Lipinski definition) is 1.